The lowest BCUT2D eigenvalue weighted by Gasteiger charge is -2.17. The van der Waals surface area contributed by atoms with E-state index in [1.165, 1.54) is 0 Å². The van der Waals surface area contributed by atoms with Crippen LogP contribution in [0.15, 0.2) is 0 Å². The summed E-state index contributed by atoms with van der Waals surface area (Å²) in [6.07, 6.45) is 6.58. The van der Waals surface area contributed by atoms with Gasteiger partial charge in [0.15, 0.2) is 0 Å². The first-order valence-corrected chi connectivity index (χ1v) is 9.07. The largest absolute Gasteiger partial charge is 0.466 e. The van der Waals surface area contributed by atoms with Crippen molar-refractivity contribution in [2.75, 3.05) is 25.1 Å². The van der Waals surface area contributed by atoms with Gasteiger partial charge in [-0.15, -0.1) is 0 Å². The molecule has 17 heavy (non-hydrogen) atoms. The monoisotopic (exact) mass is 262 g/mol. The molecule has 0 aromatic carbocycles. The van der Waals surface area contributed by atoms with E-state index in [2.05, 4.69) is 13.8 Å². The lowest BCUT2D eigenvalue weighted by Crippen LogP contribution is -2.09. The number of hydrogen-bond donors (Lipinski definition) is 0. The first-order chi connectivity index (χ1) is 8.08. The van der Waals surface area contributed by atoms with Gasteiger partial charge >= 0.3 is 5.97 Å². The van der Waals surface area contributed by atoms with Crippen LogP contribution in [-0.4, -0.2) is 31.1 Å². The average molecular weight is 262 g/mol. The number of ether oxygens (including phenoxy) is 1. The number of rotatable bonds is 10. The first-order valence-electron chi connectivity index (χ1n) is 6.80. The average Bonchev–Trinajstić information content (AvgIpc) is 2.32. The number of esters is 1. The van der Waals surface area contributed by atoms with Crippen molar-refractivity contribution in [2.24, 2.45) is 0 Å². The third kappa shape index (κ3) is 8.43. The van der Waals surface area contributed by atoms with E-state index in [1.54, 1.807) is 6.92 Å². The Bertz CT molecular complexity index is 239. The van der Waals surface area contributed by atoms with Crippen molar-refractivity contribution < 1.29 is 14.1 Å². The second kappa shape index (κ2) is 9.70. The van der Waals surface area contributed by atoms with Crippen LogP contribution in [0.4, 0.5) is 0 Å². The van der Waals surface area contributed by atoms with Crippen LogP contribution < -0.4 is 0 Å². The molecule has 0 saturated carbocycles. The van der Waals surface area contributed by atoms with E-state index < -0.39 is 7.14 Å². The Kier molecular flexibility index (Phi) is 9.53. The van der Waals surface area contributed by atoms with E-state index in [9.17, 15) is 9.36 Å². The van der Waals surface area contributed by atoms with Gasteiger partial charge in [-0.25, -0.2) is 0 Å². The summed E-state index contributed by atoms with van der Waals surface area (Å²) in [5.74, 6) is -0.208. The van der Waals surface area contributed by atoms with E-state index in [0.29, 0.717) is 19.2 Å². The maximum absolute atomic E-state index is 12.6. The number of carbonyl (C=O) groups excluding carboxylic acids is 1. The van der Waals surface area contributed by atoms with Gasteiger partial charge in [0.25, 0.3) is 0 Å². The number of unbranched alkanes of at least 4 members (excludes halogenated alkanes) is 2. The predicted molar refractivity (Wildman–Crippen MR) is 73.3 cm³/mol. The molecule has 0 aromatic heterocycles. The van der Waals surface area contributed by atoms with Crippen LogP contribution in [0.3, 0.4) is 0 Å². The maximum atomic E-state index is 12.6. The molecule has 0 amide bonds. The van der Waals surface area contributed by atoms with Crippen LogP contribution >= 0.6 is 7.14 Å². The van der Waals surface area contributed by atoms with Gasteiger partial charge < -0.3 is 9.30 Å². The number of carbonyl (C=O) groups is 1. The van der Waals surface area contributed by atoms with Gasteiger partial charge in [-0.2, -0.15) is 0 Å². The molecule has 0 N–H and O–H groups in total. The molecule has 0 aromatic rings. The minimum atomic E-state index is -2.13. The second-order valence-corrected chi connectivity index (χ2v) is 7.95. The molecule has 0 radical (unpaired) electrons. The Morgan fingerprint density at radius 3 is 1.94 bits per heavy atom. The molecule has 0 rings (SSSR count). The fourth-order valence-corrected chi connectivity index (χ4v) is 4.80. The summed E-state index contributed by atoms with van der Waals surface area (Å²) in [6.45, 7) is 6.42. The fourth-order valence-electron chi connectivity index (χ4n) is 1.76. The van der Waals surface area contributed by atoms with Crippen molar-refractivity contribution >= 4 is 13.1 Å². The first kappa shape index (κ1) is 16.7. The van der Waals surface area contributed by atoms with Gasteiger partial charge in [-0.3, -0.25) is 4.79 Å². The van der Waals surface area contributed by atoms with Gasteiger partial charge in [-0.1, -0.05) is 26.7 Å². The normalized spacial score (nSPS) is 11.5. The molecule has 0 saturated heterocycles. The molecular formula is C13H27O3P. The topological polar surface area (TPSA) is 43.4 Å². The third-order valence-electron chi connectivity index (χ3n) is 2.87. The van der Waals surface area contributed by atoms with Gasteiger partial charge in [0, 0.05) is 18.5 Å². The van der Waals surface area contributed by atoms with Crippen molar-refractivity contribution in [3.05, 3.63) is 0 Å². The Morgan fingerprint density at radius 2 is 1.53 bits per heavy atom. The second-order valence-electron chi connectivity index (χ2n) is 4.49. The molecule has 0 unspecified atom stereocenters. The lowest BCUT2D eigenvalue weighted by atomic mass is 10.4. The zero-order valence-corrected chi connectivity index (χ0v) is 12.4. The molecule has 0 aliphatic carbocycles. The Balaban J connectivity index is 4.17. The minimum Gasteiger partial charge on any atom is -0.466 e. The third-order valence-corrected chi connectivity index (χ3v) is 6.17. The molecule has 0 atom stereocenters. The molecule has 0 aliphatic rings. The summed E-state index contributed by atoms with van der Waals surface area (Å²) in [5, 5.41) is 0. The van der Waals surface area contributed by atoms with Crippen LogP contribution in [0, 0.1) is 0 Å². The van der Waals surface area contributed by atoms with Gasteiger partial charge in [0.1, 0.15) is 0 Å². The molecule has 0 fully saturated rings. The van der Waals surface area contributed by atoms with E-state index in [0.717, 1.165) is 38.0 Å². The van der Waals surface area contributed by atoms with Crippen molar-refractivity contribution in [1.82, 2.24) is 0 Å². The summed E-state index contributed by atoms with van der Waals surface area (Å²) in [4.78, 5) is 11.3. The van der Waals surface area contributed by atoms with Gasteiger partial charge in [0.2, 0.25) is 0 Å². The van der Waals surface area contributed by atoms with E-state index >= 15 is 0 Å². The highest BCUT2D eigenvalue weighted by Gasteiger charge is 2.22. The summed E-state index contributed by atoms with van der Waals surface area (Å²) >= 11 is 0. The highest BCUT2D eigenvalue weighted by molar-refractivity contribution is 7.63. The Hall–Kier alpha value is -0.300. The smallest absolute Gasteiger partial charge is 0.306 e. The standard InChI is InChI=1S/C13H27O3P/c1-4-7-10-17(15,11-8-5-2)12-9-13(14)16-6-3/h4-12H2,1-3H3. The van der Waals surface area contributed by atoms with Gasteiger partial charge in [0.05, 0.1) is 20.2 Å². The molecule has 0 spiro atoms. The van der Waals surface area contributed by atoms with E-state index in [4.69, 9.17) is 4.74 Å². The summed E-state index contributed by atoms with van der Waals surface area (Å²) in [6, 6.07) is 0. The molecule has 102 valence electrons. The van der Waals surface area contributed by atoms with Crippen LogP contribution in [0.25, 0.3) is 0 Å². The Labute approximate surface area is 106 Å². The van der Waals surface area contributed by atoms with Crippen LogP contribution in [0.1, 0.15) is 52.9 Å². The zero-order chi connectivity index (χ0) is 13.1. The zero-order valence-electron chi connectivity index (χ0n) is 11.5. The van der Waals surface area contributed by atoms with Crippen molar-refractivity contribution in [1.29, 1.82) is 0 Å². The molecular weight excluding hydrogens is 235 g/mol. The minimum absolute atomic E-state index is 0.208. The molecule has 3 nitrogen and oxygen atoms in total. The van der Waals surface area contributed by atoms with Crippen molar-refractivity contribution in [3.8, 4) is 0 Å². The lowest BCUT2D eigenvalue weighted by molar-refractivity contribution is -0.142. The number of hydrogen-bond acceptors (Lipinski definition) is 3. The molecule has 0 aliphatic heterocycles. The van der Waals surface area contributed by atoms with E-state index in [-0.39, 0.29) is 5.97 Å². The summed E-state index contributed by atoms with van der Waals surface area (Å²) in [7, 11) is -2.13. The summed E-state index contributed by atoms with van der Waals surface area (Å²) < 4.78 is 17.5. The SMILES string of the molecule is CCCCP(=O)(CCCC)CCC(=O)OCC. The Morgan fingerprint density at radius 1 is 1.00 bits per heavy atom. The van der Waals surface area contributed by atoms with Crippen molar-refractivity contribution in [2.45, 2.75) is 52.9 Å². The van der Waals surface area contributed by atoms with E-state index in [1.807, 2.05) is 0 Å². The van der Waals surface area contributed by atoms with Gasteiger partial charge in [-0.05, 0) is 19.8 Å². The maximum Gasteiger partial charge on any atom is 0.306 e. The van der Waals surface area contributed by atoms with Crippen LogP contribution in [0.2, 0.25) is 0 Å². The quantitative estimate of drug-likeness (QED) is 0.443. The molecule has 4 heteroatoms. The fraction of sp³-hybridized carbons (Fsp3) is 0.923. The predicted octanol–water partition coefficient (Wildman–Crippen LogP) is 3.90. The molecule has 0 heterocycles. The highest BCUT2D eigenvalue weighted by Crippen LogP contribution is 2.47. The van der Waals surface area contributed by atoms with Crippen LogP contribution in [-0.2, 0) is 14.1 Å². The molecule has 0 bridgehead atoms. The van der Waals surface area contributed by atoms with Crippen LogP contribution in [0.5, 0.6) is 0 Å². The highest BCUT2D eigenvalue weighted by atomic mass is 31.2. The van der Waals surface area contributed by atoms with Crippen molar-refractivity contribution in [3.63, 3.8) is 0 Å². The summed E-state index contributed by atoms with van der Waals surface area (Å²) in [5.41, 5.74) is 0.